The van der Waals surface area contributed by atoms with Gasteiger partial charge in [0.15, 0.2) is 11.6 Å². The molecule has 1 saturated carbocycles. The first-order valence-corrected chi connectivity index (χ1v) is 11.7. The Labute approximate surface area is 187 Å². The lowest BCUT2D eigenvalue weighted by Crippen LogP contribution is -2.45. The maximum atomic E-state index is 15.4. The van der Waals surface area contributed by atoms with Crippen molar-refractivity contribution in [3.8, 4) is 5.75 Å². The summed E-state index contributed by atoms with van der Waals surface area (Å²) in [6.07, 6.45) is 6.88. The monoisotopic (exact) mass is 442 g/mol. The van der Waals surface area contributed by atoms with E-state index in [-0.39, 0.29) is 28.9 Å². The van der Waals surface area contributed by atoms with E-state index < -0.39 is 11.2 Å². The summed E-state index contributed by atoms with van der Waals surface area (Å²) < 4.78 is 23.3. The molecule has 7 nitrogen and oxygen atoms in total. The van der Waals surface area contributed by atoms with Crippen LogP contribution in [0.4, 0.5) is 10.1 Å². The largest absolute Gasteiger partial charge is 0.487 e. The lowest BCUT2D eigenvalue weighted by atomic mass is 9.95. The lowest BCUT2D eigenvalue weighted by molar-refractivity contribution is 0.0925. The van der Waals surface area contributed by atoms with Crippen LogP contribution in [0.5, 0.6) is 5.75 Å². The molecule has 5 rings (SSSR count). The van der Waals surface area contributed by atoms with Gasteiger partial charge in [0.25, 0.3) is 5.91 Å². The zero-order valence-electron chi connectivity index (χ0n) is 18.8. The molecule has 3 heterocycles. The van der Waals surface area contributed by atoms with E-state index in [0.29, 0.717) is 36.6 Å². The Kier molecular flexibility index (Phi) is 5.57. The van der Waals surface area contributed by atoms with Crippen molar-refractivity contribution in [3.05, 3.63) is 33.9 Å². The van der Waals surface area contributed by atoms with Crippen molar-refractivity contribution in [2.24, 2.45) is 0 Å². The van der Waals surface area contributed by atoms with Gasteiger partial charge in [-0.1, -0.05) is 19.3 Å². The topological polar surface area (TPSA) is 66.8 Å². The molecule has 0 bridgehead atoms. The smallest absolute Gasteiger partial charge is 0.256 e. The van der Waals surface area contributed by atoms with Crippen molar-refractivity contribution >= 4 is 22.5 Å². The highest BCUT2D eigenvalue weighted by atomic mass is 19.1. The molecule has 0 radical (unpaired) electrons. The SMILES string of the molecule is C[C@H]1COc2c(N3CCN(C)CC3)c(F)cc3c(=O)c(C(=O)NC4CCCCC4)cn1c23. The predicted octanol–water partition coefficient (Wildman–Crippen LogP) is 2.91. The molecule has 0 spiro atoms. The van der Waals surface area contributed by atoms with E-state index in [2.05, 4.69) is 10.2 Å². The van der Waals surface area contributed by atoms with Gasteiger partial charge in [-0.2, -0.15) is 0 Å². The molecular weight excluding hydrogens is 411 g/mol. The van der Waals surface area contributed by atoms with Crippen molar-refractivity contribution in [1.29, 1.82) is 0 Å². The van der Waals surface area contributed by atoms with Gasteiger partial charge in [0, 0.05) is 38.4 Å². The van der Waals surface area contributed by atoms with Gasteiger partial charge in [0.1, 0.15) is 17.9 Å². The average Bonchev–Trinajstić information content (AvgIpc) is 2.79. The molecule has 0 unspecified atom stereocenters. The molecule has 1 atom stereocenters. The highest BCUT2D eigenvalue weighted by Crippen LogP contribution is 2.42. The summed E-state index contributed by atoms with van der Waals surface area (Å²) in [5.41, 5.74) is 0.644. The van der Waals surface area contributed by atoms with Crippen LogP contribution < -0.4 is 20.4 Å². The Hall–Kier alpha value is -2.61. The van der Waals surface area contributed by atoms with Crippen LogP contribution in [0.15, 0.2) is 17.1 Å². The number of nitrogens with zero attached hydrogens (tertiary/aromatic N) is 3. The molecule has 2 aliphatic heterocycles. The number of carbonyl (C=O) groups is 1. The summed E-state index contributed by atoms with van der Waals surface area (Å²) >= 11 is 0. The van der Waals surface area contributed by atoms with Crippen LogP contribution in [0.1, 0.15) is 55.4 Å². The molecule has 1 aromatic heterocycles. The maximum absolute atomic E-state index is 15.4. The fourth-order valence-corrected chi connectivity index (χ4v) is 5.21. The van der Waals surface area contributed by atoms with Crippen LogP contribution >= 0.6 is 0 Å². The normalized spacial score (nSPS) is 22.1. The van der Waals surface area contributed by atoms with Gasteiger partial charge in [-0.05, 0) is 32.9 Å². The van der Waals surface area contributed by atoms with Crippen molar-refractivity contribution < 1.29 is 13.9 Å². The van der Waals surface area contributed by atoms with E-state index in [1.165, 1.54) is 12.5 Å². The van der Waals surface area contributed by atoms with Gasteiger partial charge in [-0.15, -0.1) is 0 Å². The van der Waals surface area contributed by atoms with Crippen LogP contribution in [0.3, 0.4) is 0 Å². The van der Waals surface area contributed by atoms with Gasteiger partial charge in [-0.3, -0.25) is 9.59 Å². The first-order chi connectivity index (χ1) is 15.4. The highest BCUT2D eigenvalue weighted by Gasteiger charge is 2.31. The quantitative estimate of drug-likeness (QED) is 0.792. The maximum Gasteiger partial charge on any atom is 0.256 e. The second-order valence-corrected chi connectivity index (χ2v) is 9.47. The van der Waals surface area contributed by atoms with Gasteiger partial charge in [-0.25, -0.2) is 4.39 Å². The zero-order valence-corrected chi connectivity index (χ0v) is 18.8. The van der Waals surface area contributed by atoms with E-state index >= 15 is 4.39 Å². The number of hydrogen-bond donors (Lipinski definition) is 1. The van der Waals surface area contributed by atoms with Crippen LogP contribution in [0.2, 0.25) is 0 Å². The minimum absolute atomic E-state index is 0.0716. The number of benzene rings is 1. The standard InChI is InChI=1S/C24H31FN4O3/c1-15-14-32-23-20-17(12-19(25)21(23)28-10-8-27(2)9-11-28)22(30)18(13-29(15)20)24(31)26-16-6-4-3-5-7-16/h12-13,15-16H,3-11,14H2,1-2H3,(H,26,31)/t15-/m0/s1. The number of anilines is 1. The molecule has 1 amide bonds. The van der Waals surface area contributed by atoms with E-state index in [9.17, 15) is 9.59 Å². The minimum Gasteiger partial charge on any atom is -0.487 e. The molecule has 8 heteroatoms. The Morgan fingerprint density at radius 1 is 1.16 bits per heavy atom. The third kappa shape index (κ3) is 3.64. The highest BCUT2D eigenvalue weighted by molar-refractivity contribution is 6.00. The molecule has 172 valence electrons. The summed E-state index contributed by atoms with van der Waals surface area (Å²) in [5.74, 6) is -0.421. The molecule has 2 fully saturated rings. The summed E-state index contributed by atoms with van der Waals surface area (Å²) in [4.78, 5) is 30.6. The van der Waals surface area contributed by atoms with Gasteiger partial charge >= 0.3 is 0 Å². The zero-order chi connectivity index (χ0) is 22.4. The second-order valence-electron chi connectivity index (χ2n) is 9.47. The number of ether oxygens (including phenoxy) is 1. The minimum atomic E-state index is -0.472. The summed E-state index contributed by atoms with van der Waals surface area (Å²) in [5, 5.41) is 3.24. The van der Waals surface area contributed by atoms with Crippen LogP contribution in [-0.4, -0.2) is 61.2 Å². The lowest BCUT2D eigenvalue weighted by Gasteiger charge is -2.37. The Balaban J connectivity index is 1.60. The van der Waals surface area contributed by atoms with E-state index in [1.54, 1.807) is 6.20 Å². The van der Waals surface area contributed by atoms with Gasteiger partial charge in [0.2, 0.25) is 5.43 Å². The van der Waals surface area contributed by atoms with E-state index in [0.717, 1.165) is 38.8 Å². The molecule has 1 aromatic carbocycles. The fourth-order valence-electron chi connectivity index (χ4n) is 5.21. The van der Waals surface area contributed by atoms with Crippen molar-refractivity contribution in [1.82, 2.24) is 14.8 Å². The third-order valence-electron chi connectivity index (χ3n) is 7.15. The van der Waals surface area contributed by atoms with Crippen LogP contribution in [0, 0.1) is 5.82 Å². The van der Waals surface area contributed by atoms with Crippen LogP contribution in [0.25, 0.3) is 10.9 Å². The number of likely N-dealkylation sites (N-methyl/N-ethyl adjacent to an activating group) is 1. The molecule has 1 N–H and O–H groups in total. The number of carbonyl (C=O) groups excluding carboxylic acids is 1. The van der Waals surface area contributed by atoms with Crippen molar-refractivity contribution in [2.45, 2.75) is 51.1 Å². The van der Waals surface area contributed by atoms with E-state index in [1.807, 2.05) is 23.4 Å². The summed E-state index contributed by atoms with van der Waals surface area (Å²) in [6.45, 7) is 5.39. The molecule has 1 saturated heterocycles. The summed E-state index contributed by atoms with van der Waals surface area (Å²) in [6, 6.07) is 1.32. The Morgan fingerprint density at radius 3 is 2.59 bits per heavy atom. The molecule has 32 heavy (non-hydrogen) atoms. The number of pyridine rings is 1. The average molecular weight is 443 g/mol. The predicted molar refractivity (Wildman–Crippen MR) is 122 cm³/mol. The first kappa shape index (κ1) is 21.2. The number of halogens is 1. The van der Waals surface area contributed by atoms with Gasteiger partial charge in [0.05, 0.1) is 16.9 Å². The second kappa shape index (κ2) is 8.39. The van der Waals surface area contributed by atoms with Gasteiger partial charge < -0.3 is 24.4 Å². The fraction of sp³-hybridized carbons (Fsp3) is 0.583. The Morgan fingerprint density at radius 2 is 1.88 bits per heavy atom. The molecular formula is C24H31FN4O3. The third-order valence-corrected chi connectivity index (χ3v) is 7.15. The summed E-state index contributed by atoms with van der Waals surface area (Å²) in [7, 11) is 2.05. The number of nitrogens with one attached hydrogen (secondary N) is 1. The number of rotatable bonds is 3. The Bertz CT molecular complexity index is 1100. The molecule has 2 aromatic rings. The molecule has 1 aliphatic carbocycles. The number of aromatic nitrogens is 1. The van der Waals surface area contributed by atoms with Crippen molar-refractivity contribution in [3.63, 3.8) is 0 Å². The molecule has 3 aliphatic rings. The van der Waals surface area contributed by atoms with E-state index in [4.69, 9.17) is 4.74 Å². The first-order valence-electron chi connectivity index (χ1n) is 11.7. The number of hydrogen-bond acceptors (Lipinski definition) is 5. The van der Waals surface area contributed by atoms with Crippen LogP contribution in [-0.2, 0) is 0 Å². The number of piperazine rings is 1. The van der Waals surface area contributed by atoms with Crippen molar-refractivity contribution in [2.75, 3.05) is 44.7 Å². The number of amides is 1.